The molecule has 0 saturated carbocycles. The zero-order valence-corrected chi connectivity index (χ0v) is 17.3. The molecule has 0 saturated heterocycles. The molecule has 2 aromatic carbocycles. The van der Waals surface area contributed by atoms with Crippen LogP contribution in [0.3, 0.4) is 0 Å². The highest BCUT2D eigenvalue weighted by Crippen LogP contribution is 2.19. The number of nitriles is 1. The number of benzene rings is 2. The monoisotopic (exact) mass is 423 g/mol. The Kier molecular flexibility index (Phi) is 8.73. The van der Waals surface area contributed by atoms with Gasteiger partial charge < -0.3 is 20.5 Å². The van der Waals surface area contributed by atoms with Gasteiger partial charge in [0.2, 0.25) is 0 Å². The molecule has 8 nitrogen and oxygen atoms in total. The average molecular weight is 423 g/mol. The number of carbonyl (C=O) groups excluding carboxylic acids is 3. The van der Waals surface area contributed by atoms with Crippen LogP contribution >= 0.6 is 0 Å². The summed E-state index contributed by atoms with van der Waals surface area (Å²) in [4.78, 5) is 37.5. The third-order valence-corrected chi connectivity index (χ3v) is 4.68. The molecule has 0 aromatic heterocycles. The van der Waals surface area contributed by atoms with Crippen LogP contribution in [0.2, 0.25) is 0 Å². The summed E-state index contributed by atoms with van der Waals surface area (Å²) in [6.45, 7) is 1.60. The Morgan fingerprint density at radius 1 is 1.03 bits per heavy atom. The number of nitrogens with zero attached hydrogens (tertiary/aromatic N) is 1. The number of hydrogen-bond donors (Lipinski definition) is 3. The summed E-state index contributed by atoms with van der Waals surface area (Å²) in [7, 11) is 1.17. The number of carbonyl (C=O) groups is 3. The molecule has 2 amide bonds. The smallest absolute Gasteiger partial charge is 0.328 e. The molecule has 31 heavy (non-hydrogen) atoms. The van der Waals surface area contributed by atoms with Gasteiger partial charge in [-0.1, -0.05) is 48.5 Å². The summed E-state index contributed by atoms with van der Waals surface area (Å²) in [5.74, 6) is -2.59. The highest BCUT2D eigenvalue weighted by Gasteiger charge is 2.33. The first-order valence-electron chi connectivity index (χ1n) is 9.74. The minimum absolute atomic E-state index is 0.0218. The molecular weight excluding hydrogens is 398 g/mol. The zero-order valence-electron chi connectivity index (χ0n) is 17.3. The summed E-state index contributed by atoms with van der Waals surface area (Å²) >= 11 is 0. The second-order valence-corrected chi connectivity index (χ2v) is 7.02. The van der Waals surface area contributed by atoms with E-state index in [4.69, 9.17) is 10.00 Å². The first-order valence-corrected chi connectivity index (χ1v) is 9.74. The van der Waals surface area contributed by atoms with E-state index >= 15 is 0 Å². The summed E-state index contributed by atoms with van der Waals surface area (Å²) < 4.78 is 4.69. The van der Waals surface area contributed by atoms with Crippen molar-refractivity contribution in [1.82, 2.24) is 10.6 Å². The van der Waals surface area contributed by atoms with Gasteiger partial charge in [0.25, 0.3) is 11.8 Å². The van der Waals surface area contributed by atoms with Gasteiger partial charge in [0.05, 0.1) is 19.2 Å². The molecule has 0 spiro atoms. The number of nitrogens with one attached hydrogen (secondary N) is 2. The van der Waals surface area contributed by atoms with Crippen molar-refractivity contribution in [3.05, 3.63) is 71.8 Å². The molecule has 8 heteroatoms. The lowest BCUT2D eigenvalue weighted by molar-refractivity contribution is -0.147. The summed E-state index contributed by atoms with van der Waals surface area (Å²) in [6.07, 6.45) is -1.67. The van der Waals surface area contributed by atoms with Crippen molar-refractivity contribution in [1.29, 1.82) is 5.26 Å². The molecule has 4 atom stereocenters. The third kappa shape index (κ3) is 6.66. The number of rotatable bonds is 9. The van der Waals surface area contributed by atoms with Crippen molar-refractivity contribution >= 4 is 17.8 Å². The Bertz CT molecular complexity index is 927. The molecule has 162 valence electrons. The lowest BCUT2D eigenvalue weighted by atomic mass is 9.98. The predicted octanol–water partition coefficient (Wildman–Crippen LogP) is 1.73. The molecular formula is C23H25N3O5. The lowest BCUT2D eigenvalue weighted by Gasteiger charge is -2.26. The van der Waals surface area contributed by atoms with Crippen LogP contribution in [0.1, 0.15) is 35.3 Å². The van der Waals surface area contributed by atoms with Crippen LogP contribution in [-0.4, -0.2) is 42.1 Å². The highest BCUT2D eigenvalue weighted by molar-refractivity contribution is 5.95. The number of amides is 2. The molecule has 0 aliphatic rings. The maximum Gasteiger partial charge on any atom is 0.328 e. The second-order valence-electron chi connectivity index (χ2n) is 7.02. The van der Waals surface area contributed by atoms with E-state index in [0.29, 0.717) is 11.1 Å². The van der Waals surface area contributed by atoms with Crippen LogP contribution in [0.4, 0.5) is 0 Å². The molecule has 0 unspecified atom stereocenters. The van der Waals surface area contributed by atoms with E-state index in [9.17, 15) is 19.5 Å². The van der Waals surface area contributed by atoms with Gasteiger partial charge in [0, 0.05) is 11.5 Å². The van der Waals surface area contributed by atoms with Gasteiger partial charge in [-0.3, -0.25) is 9.59 Å². The van der Waals surface area contributed by atoms with Crippen molar-refractivity contribution < 1.29 is 24.2 Å². The molecule has 0 aliphatic carbocycles. The lowest BCUT2D eigenvalue weighted by Crippen LogP contribution is -2.50. The molecule has 2 rings (SSSR count). The van der Waals surface area contributed by atoms with E-state index in [1.165, 1.54) is 7.11 Å². The Labute approximate surface area is 180 Å². The Morgan fingerprint density at radius 3 is 2.16 bits per heavy atom. The van der Waals surface area contributed by atoms with Crippen LogP contribution in [-0.2, 0) is 14.3 Å². The van der Waals surface area contributed by atoms with E-state index in [1.54, 1.807) is 67.6 Å². The first-order chi connectivity index (χ1) is 14.9. The summed E-state index contributed by atoms with van der Waals surface area (Å²) in [5.41, 5.74) is 0.876. The second kappa shape index (κ2) is 11.5. The van der Waals surface area contributed by atoms with Gasteiger partial charge in [-0.05, 0) is 31.0 Å². The number of esters is 1. The van der Waals surface area contributed by atoms with Gasteiger partial charge in [0.15, 0.2) is 6.10 Å². The van der Waals surface area contributed by atoms with Gasteiger partial charge in [-0.2, -0.15) is 5.26 Å². The van der Waals surface area contributed by atoms with Crippen molar-refractivity contribution in [2.24, 2.45) is 5.92 Å². The predicted molar refractivity (Wildman–Crippen MR) is 112 cm³/mol. The molecule has 3 N–H and O–H groups in total. The van der Waals surface area contributed by atoms with E-state index in [1.807, 2.05) is 6.07 Å². The molecule has 0 heterocycles. The summed E-state index contributed by atoms with van der Waals surface area (Å²) in [5, 5.41) is 24.9. The first kappa shape index (κ1) is 23.6. The van der Waals surface area contributed by atoms with Crippen LogP contribution in [0.15, 0.2) is 60.7 Å². The van der Waals surface area contributed by atoms with E-state index in [2.05, 4.69) is 10.6 Å². The third-order valence-electron chi connectivity index (χ3n) is 4.68. The van der Waals surface area contributed by atoms with Crippen LogP contribution in [0.5, 0.6) is 0 Å². The largest absolute Gasteiger partial charge is 0.467 e. The highest BCUT2D eigenvalue weighted by atomic mass is 16.5. The fourth-order valence-corrected chi connectivity index (χ4v) is 2.99. The molecule has 0 fully saturated rings. The Balaban J connectivity index is 2.24. The van der Waals surface area contributed by atoms with Crippen LogP contribution in [0.25, 0.3) is 0 Å². The van der Waals surface area contributed by atoms with Gasteiger partial charge in [-0.25, -0.2) is 4.79 Å². The van der Waals surface area contributed by atoms with Crippen LogP contribution in [0, 0.1) is 17.2 Å². The standard InChI is InChI=1S/C23H25N3O5/c1-15(14-24)13-18(23(30)31-2)25-22(29)20(27)19(16-9-5-3-6-10-16)26-21(28)17-11-7-4-8-12-17/h3-12,15,18-20,27H,13H2,1-2H3,(H,25,29)(H,26,28)/t15-,18+,19+,20-/m1/s1. The minimum Gasteiger partial charge on any atom is -0.467 e. The molecule has 2 aromatic rings. The van der Waals surface area contributed by atoms with E-state index in [-0.39, 0.29) is 6.42 Å². The average Bonchev–Trinajstić information content (AvgIpc) is 2.81. The van der Waals surface area contributed by atoms with Crippen molar-refractivity contribution in [3.63, 3.8) is 0 Å². The van der Waals surface area contributed by atoms with Crippen LogP contribution < -0.4 is 10.6 Å². The maximum absolute atomic E-state index is 12.8. The quantitative estimate of drug-likeness (QED) is 0.527. The normalized spacial score (nSPS) is 14.3. The number of aliphatic hydroxyl groups is 1. The van der Waals surface area contributed by atoms with Crippen molar-refractivity contribution in [2.45, 2.75) is 31.5 Å². The van der Waals surface area contributed by atoms with Crippen molar-refractivity contribution in [2.75, 3.05) is 7.11 Å². The van der Waals surface area contributed by atoms with Crippen molar-refractivity contribution in [3.8, 4) is 6.07 Å². The van der Waals surface area contributed by atoms with E-state index in [0.717, 1.165) is 0 Å². The van der Waals surface area contributed by atoms with E-state index < -0.39 is 41.9 Å². The fraction of sp³-hybridized carbons (Fsp3) is 0.304. The van der Waals surface area contributed by atoms with Gasteiger partial charge in [0.1, 0.15) is 6.04 Å². The maximum atomic E-state index is 12.8. The zero-order chi connectivity index (χ0) is 22.8. The fourth-order valence-electron chi connectivity index (χ4n) is 2.99. The number of aliphatic hydroxyl groups excluding tert-OH is 1. The number of hydrogen-bond acceptors (Lipinski definition) is 6. The Morgan fingerprint density at radius 2 is 1.61 bits per heavy atom. The topological polar surface area (TPSA) is 129 Å². The Hall–Kier alpha value is -3.70. The summed E-state index contributed by atoms with van der Waals surface area (Å²) in [6, 6.07) is 16.7. The van der Waals surface area contributed by atoms with Gasteiger partial charge >= 0.3 is 5.97 Å². The molecule has 0 aliphatic heterocycles. The minimum atomic E-state index is -1.69. The molecule has 0 radical (unpaired) electrons. The molecule has 0 bridgehead atoms. The van der Waals surface area contributed by atoms with Gasteiger partial charge in [-0.15, -0.1) is 0 Å². The number of ether oxygens (including phenoxy) is 1. The number of methoxy groups -OCH3 is 1. The SMILES string of the molecule is COC(=O)[C@H](C[C@@H](C)C#N)NC(=O)[C@H](O)[C@@H](NC(=O)c1ccccc1)c1ccccc1.